The van der Waals surface area contributed by atoms with Gasteiger partial charge in [-0.2, -0.15) is 0 Å². The van der Waals surface area contributed by atoms with Gasteiger partial charge >= 0.3 is 5.97 Å². The van der Waals surface area contributed by atoms with E-state index in [-0.39, 0.29) is 5.75 Å². The fourth-order valence-corrected chi connectivity index (χ4v) is 2.40. The van der Waals surface area contributed by atoms with E-state index < -0.39 is 24.6 Å². The lowest BCUT2D eigenvalue weighted by atomic mass is 10.1. The third kappa shape index (κ3) is 5.57. The number of amides is 1. The van der Waals surface area contributed by atoms with Gasteiger partial charge in [0.25, 0.3) is 5.91 Å². The molecule has 0 unspecified atom stereocenters. The van der Waals surface area contributed by atoms with Gasteiger partial charge in [-0.1, -0.05) is 12.1 Å². The van der Waals surface area contributed by atoms with Crippen molar-refractivity contribution in [2.24, 2.45) is 0 Å². The van der Waals surface area contributed by atoms with Crippen molar-refractivity contribution in [3.8, 4) is 11.5 Å². The van der Waals surface area contributed by atoms with Crippen LogP contribution in [-0.4, -0.2) is 38.0 Å². The molecule has 0 fully saturated rings. The van der Waals surface area contributed by atoms with Crippen molar-refractivity contribution in [2.75, 3.05) is 19.0 Å². The van der Waals surface area contributed by atoms with Crippen LogP contribution < -0.4 is 14.8 Å². The summed E-state index contributed by atoms with van der Waals surface area (Å²) in [5.41, 5.74) is 3.01. The number of anilines is 1. The van der Waals surface area contributed by atoms with Crippen LogP contribution in [0.4, 0.5) is 5.69 Å². The van der Waals surface area contributed by atoms with Crippen molar-refractivity contribution in [3.63, 3.8) is 0 Å². The average Bonchev–Trinajstić information content (AvgIpc) is 2.68. The van der Waals surface area contributed by atoms with Gasteiger partial charge in [0.05, 0.1) is 7.11 Å². The van der Waals surface area contributed by atoms with E-state index in [9.17, 15) is 14.4 Å². The molecular formula is C21H23NO6. The number of aryl methyl sites for hydroxylation is 2. The summed E-state index contributed by atoms with van der Waals surface area (Å²) in [5, 5.41) is 2.75. The molecule has 0 heterocycles. The van der Waals surface area contributed by atoms with Crippen molar-refractivity contribution < 1.29 is 28.6 Å². The Kier molecular flexibility index (Phi) is 7.14. The highest BCUT2D eigenvalue weighted by Crippen LogP contribution is 2.27. The molecule has 2 aromatic rings. The van der Waals surface area contributed by atoms with Crippen LogP contribution >= 0.6 is 0 Å². The summed E-state index contributed by atoms with van der Waals surface area (Å²) in [6, 6.07) is 10.2. The van der Waals surface area contributed by atoms with Crippen molar-refractivity contribution in [1.82, 2.24) is 0 Å². The van der Waals surface area contributed by atoms with E-state index in [1.165, 1.54) is 32.2 Å². The maximum atomic E-state index is 12.3. The van der Waals surface area contributed by atoms with Crippen LogP contribution in [0.25, 0.3) is 0 Å². The smallest absolute Gasteiger partial charge is 0.344 e. The Morgan fingerprint density at radius 3 is 2.54 bits per heavy atom. The summed E-state index contributed by atoms with van der Waals surface area (Å²) in [6.07, 6.45) is -0.313. The molecule has 0 saturated carbocycles. The van der Waals surface area contributed by atoms with Gasteiger partial charge in [-0.3, -0.25) is 9.59 Å². The number of benzene rings is 2. The molecule has 0 saturated heterocycles. The molecule has 0 spiro atoms. The molecule has 0 aliphatic rings. The summed E-state index contributed by atoms with van der Waals surface area (Å²) >= 11 is 0. The Morgan fingerprint density at radius 2 is 1.86 bits per heavy atom. The summed E-state index contributed by atoms with van der Waals surface area (Å²) in [4.78, 5) is 35.1. The molecule has 28 heavy (non-hydrogen) atoms. The quantitative estimate of drug-likeness (QED) is 0.555. The monoisotopic (exact) mass is 385 g/mol. The zero-order valence-corrected chi connectivity index (χ0v) is 16.3. The lowest BCUT2D eigenvalue weighted by Crippen LogP contribution is -2.32. The number of ether oxygens (including phenoxy) is 3. The van der Waals surface area contributed by atoms with Crippen LogP contribution in [0.1, 0.15) is 28.4 Å². The maximum Gasteiger partial charge on any atom is 0.344 e. The fourth-order valence-electron chi connectivity index (χ4n) is 2.40. The maximum absolute atomic E-state index is 12.3. The summed E-state index contributed by atoms with van der Waals surface area (Å²) < 4.78 is 15.6. The highest BCUT2D eigenvalue weighted by atomic mass is 16.6. The van der Waals surface area contributed by atoms with Crippen molar-refractivity contribution in [2.45, 2.75) is 26.9 Å². The van der Waals surface area contributed by atoms with Gasteiger partial charge < -0.3 is 19.5 Å². The van der Waals surface area contributed by atoms with Crippen LogP contribution in [-0.2, 0) is 14.3 Å². The highest BCUT2D eigenvalue weighted by molar-refractivity contribution is 5.95. The molecule has 1 atom stereocenters. The lowest BCUT2D eigenvalue weighted by molar-refractivity contribution is -0.155. The van der Waals surface area contributed by atoms with Gasteiger partial charge in [-0.05, 0) is 56.2 Å². The van der Waals surface area contributed by atoms with Crippen LogP contribution in [0.15, 0.2) is 36.4 Å². The number of nitrogens with one attached hydrogen (secondary N) is 1. The predicted molar refractivity (Wildman–Crippen MR) is 104 cm³/mol. The lowest BCUT2D eigenvalue weighted by Gasteiger charge is -2.16. The summed E-state index contributed by atoms with van der Waals surface area (Å²) in [5.74, 6) is -0.532. The van der Waals surface area contributed by atoms with E-state index in [0.717, 1.165) is 11.1 Å². The number of carbonyl (C=O) groups is 3. The Bertz CT molecular complexity index is 877. The van der Waals surface area contributed by atoms with Gasteiger partial charge in [0, 0.05) is 11.3 Å². The second-order valence-corrected chi connectivity index (χ2v) is 6.26. The molecular weight excluding hydrogens is 362 g/mol. The third-order valence-electron chi connectivity index (χ3n) is 4.00. The van der Waals surface area contributed by atoms with Gasteiger partial charge in [-0.25, -0.2) is 4.79 Å². The molecule has 2 rings (SSSR count). The Hall–Kier alpha value is -3.35. The molecule has 0 radical (unpaired) electrons. The molecule has 148 valence electrons. The highest BCUT2D eigenvalue weighted by Gasteiger charge is 2.19. The predicted octanol–water partition coefficient (Wildman–Crippen LogP) is 3.07. The number of hydrogen-bond acceptors (Lipinski definition) is 6. The fraction of sp³-hybridized carbons (Fsp3) is 0.286. The minimum Gasteiger partial charge on any atom is -0.493 e. The normalized spacial score (nSPS) is 11.3. The van der Waals surface area contributed by atoms with E-state index >= 15 is 0 Å². The van der Waals surface area contributed by atoms with Crippen LogP contribution in [0.2, 0.25) is 0 Å². The van der Waals surface area contributed by atoms with Crippen LogP contribution in [0.3, 0.4) is 0 Å². The van der Waals surface area contributed by atoms with Crippen molar-refractivity contribution in [3.05, 3.63) is 53.1 Å². The minimum atomic E-state index is -0.990. The summed E-state index contributed by atoms with van der Waals surface area (Å²) in [7, 11) is 1.43. The number of hydrogen-bond donors (Lipinski definition) is 1. The third-order valence-corrected chi connectivity index (χ3v) is 4.00. The topological polar surface area (TPSA) is 90.9 Å². The number of carbonyl (C=O) groups excluding carboxylic acids is 3. The number of methoxy groups -OCH3 is 1. The first kappa shape index (κ1) is 21.0. The first-order valence-corrected chi connectivity index (χ1v) is 8.67. The van der Waals surface area contributed by atoms with E-state index in [1.807, 2.05) is 32.0 Å². The molecule has 0 bridgehead atoms. The number of esters is 1. The van der Waals surface area contributed by atoms with E-state index in [4.69, 9.17) is 14.2 Å². The molecule has 7 nitrogen and oxygen atoms in total. The zero-order valence-electron chi connectivity index (χ0n) is 16.3. The molecule has 0 aliphatic heterocycles. The Balaban J connectivity index is 1.91. The van der Waals surface area contributed by atoms with Gasteiger partial charge in [-0.15, -0.1) is 0 Å². The van der Waals surface area contributed by atoms with E-state index in [2.05, 4.69) is 5.32 Å². The molecule has 0 aliphatic carbocycles. The van der Waals surface area contributed by atoms with Crippen LogP contribution in [0, 0.1) is 13.8 Å². The minimum absolute atomic E-state index is 0.289. The molecule has 2 aromatic carbocycles. The van der Waals surface area contributed by atoms with Gasteiger partial charge in [0.2, 0.25) is 0 Å². The molecule has 1 N–H and O–H groups in total. The molecule has 0 aromatic heterocycles. The molecule has 7 heteroatoms. The first-order valence-electron chi connectivity index (χ1n) is 8.67. The van der Waals surface area contributed by atoms with Crippen LogP contribution in [0.5, 0.6) is 11.5 Å². The second kappa shape index (κ2) is 9.55. The standard InChI is InChI=1S/C21H23NO6/c1-13-5-6-14(2)17(9-13)22-21(25)15(3)28-20(24)12-27-18-8-7-16(11-23)10-19(18)26-4/h5-11,15H,12H2,1-4H3,(H,22,25)/t15-/m1/s1. The second-order valence-electron chi connectivity index (χ2n) is 6.26. The number of aldehydes is 1. The van der Waals surface area contributed by atoms with E-state index in [0.29, 0.717) is 23.3 Å². The molecule has 1 amide bonds. The Morgan fingerprint density at radius 1 is 1.11 bits per heavy atom. The average molecular weight is 385 g/mol. The SMILES string of the molecule is COc1cc(C=O)ccc1OCC(=O)O[C@H](C)C(=O)Nc1cc(C)ccc1C. The van der Waals surface area contributed by atoms with Crippen molar-refractivity contribution in [1.29, 1.82) is 0 Å². The van der Waals surface area contributed by atoms with Gasteiger partial charge in [0.1, 0.15) is 6.29 Å². The number of rotatable bonds is 8. The van der Waals surface area contributed by atoms with Crippen molar-refractivity contribution >= 4 is 23.9 Å². The largest absolute Gasteiger partial charge is 0.493 e. The first-order chi connectivity index (χ1) is 13.3. The zero-order chi connectivity index (χ0) is 20.7. The van der Waals surface area contributed by atoms with Gasteiger partial charge in [0.15, 0.2) is 24.2 Å². The Labute approximate surface area is 163 Å². The summed E-state index contributed by atoms with van der Waals surface area (Å²) in [6.45, 7) is 4.88. The van der Waals surface area contributed by atoms with E-state index in [1.54, 1.807) is 0 Å².